The predicted molar refractivity (Wildman–Crippen MR) is 83.4 cm³/mol. The SMILES string of the molecule is CCC(=Cc1ccc2c(c1)OCCO2)CNCC(C)C. The van der Waals surface area contributed by atoms with Gasteiger partial charge in [-0.15, -0.1) is 0 Å². The summed E-state index contributed by atoms with van der Waals surface area (Å²) in [4.78, 5) is 0. The zero-order valence-corrected chi connectivity index (χ0v) is 12.7. The van der Waals surface area contributed by atoms with E-state index in [-0.39, 0.29) is 0 Å². The molecule has 3 nitrogen and oxygen atoms in total. The first-order chi connectivity index (χ1) is 9.69. The molecule has 0 unspecified atom stereocenters. The summed E-state index contributed by atoms with van der Waals surface area (Å²) < 4.78 is 11.2. The summed E-state index contributed by atoms with van der Waals surface area (Å²) in [7, 11) is 0. The van der Waals surface area contributed by atoms with E-state index in [2.05, 4.69) is 44.3 Å². The summed E-state index contributed by atoms with van der Waals surface area (Å²) in [6.07, 6.45) is 3.30. The molecule has 0 aromatic heterocycles. The van der Waals surface area contributed by atoms with Crippen LogP contribution in [0.25, 0.3) is 6.08 Å². The van der Waals surface area contributed by atoms with Crippen molar-refractivity contribution in [3.63, 3.8) is 0 Å². The highest BCUT2D eigenvalue weighted by atomic mass is 16.6. The fourth-order valence-electron chi connectivity index (χ4n) is 2.18. The molecule has 0 spiro atoms. The van der Waals surface area contributed by atoms with E-state index in [0.717, 1.165) is 31.0 Å². The highest BCUT2D eigenvalue weighted by Crippen LogP contribution is 2.31. The fourth-order valence-corrected chi connectivity index (χ4v) is 2.18. The summed E-state index contributed by atoms with van der Waals surface area (Å²) in [6.45, 7) is 9.92. The Balaban J connectivity index is 2.03. The third-order valence-electron chi connectivity index (χ3n) is 3.30. The minimum absolute atomic E-state index is 0.636. The van der Waals surface area contributed by atoms with Gasteiger partial charge in [-0.3, -0.25) is 0 Å². The number of hydrogen-bond acceptors (Lipinski definition) is 3. The lowest BCUT2D eigenvalue weighted by molar-refractivity contribution is 0.171. The molecule has 0 atom stereocenters. The Morgan fingerprint density at radius 3 is 2.70 bits per heavy atom. The lowest BCUT2D eigenvalue weighted by Crippen LogP contribution is -2.21. The van der Waals surface area contributed by atoms with Crippen LogP contribution in [-0.2, 0) is 0 Å². The van der Waals surface area contributed by atoms with Crippen molar-refractivity contribution in [2.75, 3.05) is 26.3 Å². The number of fused-ring (bicyclic) bond motifs is 1. The molecular weight excluding hydrogens is 250 g/mol. The molecule has 0 radical (unpaired) electrons. The van der Waals surface area contributed by atoms with Crippen molar-refractivity contribution in [3.8, 4) is 11.5 Å². The average molecular weight is 275 g/mol. The van der Waals surface area contributed by atoms with Crippen LogP contribution in [0, 0.1) is 5.92 Å². The third-order valence-corrected chi connectivity index (χ3v) is 3.30. The second kappa shape index (κ2) is 7.34. The maximum absolute atomic E-state index is 5.62. The Hall–Kier alpha value is -1.48. The minimum atomic E-state index is 0.636. The number of ether oxygens (including phenoxy) is 2. The van der Waals surface area contributed by atoms with Crippen molar-refractivity contribution in [2.45, 2.75) is 27.2 Å². The first-order valence-corrected chi connectivity index (χ1v) is 7.49. The molecule has 1 heterocycles. The lowest BCUT2D eigenvalue weighted by Gasteiger charge is -2.18. The molecule has 0 saturated carbocycles. The van der Waals surface area contributed by atoms with Crippen molar-refractivity contribution in [1.29, 1.82) is 0 Å². The topological polar surface area (TPSA) is 30.5 Å². The normalized spacial score (nSPS) is 14.7. The number of nitrogens with one attached hydrogen (secondary N) is 1. The Labute approximate surface area is 122 Å². The van der Waals surface area contributed by atoms with Crippen LogP contribution in [0.1, 0.15) is 32.8 Å². The molecule has 110 valence electrons. The predicted octanol–water partition coefficient (Wildman–Crippen LogP) is 3.50. The van der Waals surface area contributed by atoms with Gasteiger partial charge in [0, 0.05) is 6.54 Å². The first-order valence-electron chi connectivity index (χ1n) is 7.49. The fraction of sp³-hybridized carbons (Fsp3) is 0.529. The number of hydrogen-bond donors (Lipinski definition) is 1. The summed E-state index contributed by atoms with van der Waals surface area (Å²) in [5.41, 5.74) is 2.58. The maximum Gasteiger partial charge on any atom is 0.161 e. The maximum atomic E-state index is 5.62. The highest BCUT2D eigenvalue weighted by molar-refractivity contribution is 5.58. The minimum Gasteiger partial charge on any atom is -0.486 e. The molecular formula is C17H25NO2. The number of benzene rings is 1. The first kappa shape index (κ1) is 14.9. The monoisotopic (exact) mass is 275 g/mol. The summed E-state index contributed by atoms with van der Waals surface area (Å²) in [6, 6.07) is 6.15. The Bertz CT molecular complexity index is 466. The Kier molecular flexibility index (Phi) is 5.48. The van der Waals surface area contributed by atoms with Crippen LogP contribution in [0.5, 0.6) is 11.5 Å². The van der Waals surface area contributed by atoms with Gasteiger partial charge in [0.1, 0.15) is 13.2 Å². The Morgan fingerprint density at radius 1 is 1.25 bits per heavy atom. The van der Waals surface area contributed by atoms with Crippen LogP contribution in [0.15, 0.2) is 23.8 Å². The molecule has 20 heavy (non-hydrogen) atoms. The van der Waals surface area contributed by atoms with Gasteiger partial charge in [0.25, 0.3) is 0 Å². The van der Waals surface area contributed by atoms with E-state index >= 15 is 0 Å². The number of rotatable bonds is 6. The zero-order chi connectivity index (χ0) is 14.4. The van der Waals surface area contributed by atoms with Gasteiger partial charge in [-0.1, -0.05) is 38.5 Å². The molecule has 0 aliphatic carbocycles. The van der Waals surface area contributed by atoms with Gasteiger partial charge < -0.3 is 14.8 Å². The average Bonchev–Trinajstić information content (AvgIpc) is 2.45. The standard InChI is InChI=1S/C17H25NO2/c1-4-14(12-18-11-13(2)3)9-15-5-6-16-17(10-15)20-8-7-19-16/h5-6,9-10,13,18H,4,7-8,11-12H2,1-3H3. The van der Waals surface area contributed by atoms with Crippen molar-refractivity contribution in [2.24, 2.45) is 5.92 Å². The summed E-state index contributed by atoms with van der Waals surface area (Å²) in [5.74, 6) is 2.39. The quantitative estimate of drug-likeness (QED) is 0.862. The van der Waals surface area contributed by atoms with Crippen molar-refractivity contribution < 1.29 is 9.47 Å². The highest BCUT2D eigenvalue weighted by Gasteiger charge is 2.11. The smallest absolute Gasteiger partial charge is 0.161 e. The van der Waals surface area contributed by atoms with Crippen molar-refractivity contribution in [3.05, 3.63) is 29.3 Å². The summed E-state index contributed by atoms with van der Waals surface area (Å²) in [5, 5.41) is 3.49. The van der Waals surface area contributed by atoms with E-state index in [1.54, 1.807) is 0 Å². The van der Waals surface area contributed by atoms with E-state index in [4.69, 9.17) is 9.47 Å². The lowest BCUT2D eigenvalue weighted by atomic mass is 10.1. The molecule has 0 amide bonds. The largest absolute Gasteiger partial charge is 0.486 e. The van der Waals surface area contributed by atoms with Crippen LogP contribution < -0.4 is 14.8 Å². The van der Waals surface area contributed by atoms with Gasteiger partial charge in [-0.2, -0.15) is 0 Å². The van der Waals surface area contributed by atoms with Crippen LogP contribution in [-0.4, -0.2) is 26.3 Å². The van der Waals surface area contributed by atoms with Crippen LogP contribution in [0.3, 0.4) is 0 Å². The molecule has 1 aromatic rings. The van der Waals surface area contributed by atoms with E-state index < -0.39 is 0 Å². The molecule has 0 saturated heterocycles. The molecule has 1 aliphatic rings. The van der Waals surface area contributed by atoms with Crippen molar-refractivity contribution in [1.82, 2.24) is 5.32 Å². The van der Waals surface area contributed by atoms with E-state index in [9.17, 15) is 0 Å². The molecule has 2 rings (SSSR count). The van der Waals surface area contributed by atoms with Gasteiger partial charge >= 0.3 is 0 Å². The third kappa shape index (κ3) is 4.27. The molecule has 1 aliphatic heterocycles. The van der Waals surface area contributed by atoms with E-state index in [1.165, 1.54) is 11.1 Å². The molecule has 3 heteroatoms. The van der Waals surface area contributed by atoms with E-state index in [1.807, 2.05) is 6.07 Å². The van der Waals surface area contributed by atoms with Gasteiger partial charge in [0.15, 0.2) is 11.5 Å². The molecule has 0 fully saturated rings. The summed E-state index contributed by atoms with van der Waals surface area (Å²) >= 11 is 0. The second-order valence-corrected chi connectivity index (χ2v) is 5.58. The molecule has 1 N–H and O–H groups in total. The van der Waals surface area contributed by atoms with Crippen LogP contribution in [0.4, 0.5) is 0 Å². The second-order valence-electron chi connectivity index (χ2n) is 5.58. The Morgan fingerprint density at radius 2 is 2.00 bits per heavy atom. The zero-order valence-electron chi connectivity index (χ0n) is 12.7. The molecule has 0 bridgehead atoms. The van der Waals surface area contributed by atoms with Crippen molar-refractivity contribution >= 4 is 6.08 Å². The van der Waals surface area contributed by atoms with Gasteiger partial charge in [0.2, 0.25) is 0 Å². The van der Waals surface area contributed by atoms with Gasteiger partial charge in [0.05, 0.1) is 0 Å². The van der Waals surface area contributed by atoms with Crippen LogP contribution >= 0.6 is 0 Å². The van der Waals surface area contributed by atoms with E-state index in [0.29, 0.717) is 19.1 Å². The van der Waals surface area contributed by atoms with Crippen LogP contribution in [0.2, 0.25) is 0 Å². The molecule has 1 aromatic carbocycles. The van der Waals surface area contributed by atoms with Gasteiger partial charge in [-0.05, 0) is 36.6 Å². The van der Waals surface area contributed by atoms with Gasteiger partial charge in [-0.25, -0.2) is 0 Å².